The summed E-state index contributed by atoms with van der Waals surface area (Å²) in [7, 11) is 0. The van der Waals surface area contributed by atoms with Crippen LogP contribution in [0.3, 0.4) is 0 Å². The molecule has 0 radical (unpaired) electrons. The van der Waals surface area contributed by atoms with E-state index < -0.39 is 0 Å². The van der Waals surface area contributed by atoms with E-state index in [9.17, 15) is 14.0 Å². The lowest BCUT2D eigenvalue weighted by Crippen LogP contribution is -2.48. The third-order valence-electron chi connectivity index (χ3n) is 7.52. The third kappa shape index (κ3) is 7.01. The van der Waals surface area contributed by atoms with Gasteiger partial charge in [-0.3, -0.25) is 19.5 Å². The predicted molar refractivity (Wildman–Crippen MR) is 147 cm³/mol. The topological polar surface area (TPSA) is 98.6 Å². The summed E-state index contributed by atoms with van der Waals surface area (Å²) in [4.78, 5) is 34.1. The summed E-state index contributed by atoms with van der Waals surface area (Å²) >= 11 is 0. The largest absolute Gasteiger partial charge is 0.490 e. The SMILES string of the molecule is N#Cc1ccc(OC2CCC(NC(=O)c3ccc(C(=O)N4CCN(Cc5ccc(F)cc5)CC4)cn3)CC2)cc1. The Balaban J connectivity index is 1.05. The number of ether oxygens (including phenoxy) is 1. The monoisotopic (exact) mass is 541 g/mol. The molecule has 2 aliphatic rings. The van der Waals surface area contributed by atoms with Crippen LogP contribution in [0.2, 0.25) is 0 Å². The number of pyridine rings is 1. The molecule has 1 N–H and O–H groups in total. The number of piperazine rings is 1. The van der Waals surface area contributed by atoms with E-state index in [-0.39, 0.29) is 35.5 Å². The van der Waals surface area contributed by atoms with Crippen LogP contribution in [0.25, 0.3) is 0 Å². The number of amides is 2. The summed E-state index contributed by atoms with van der Waals surface area (Å²) in [6, 6.07) is 19.0. The van der Waals surface area contributed by atoms with Gasteiger partial charge < -0.3 is 15.0 Å². The van der Waals surface area contributed by atoms with Gasteiger partial charge in [0.05, 0.1) is 23.3 Å². The number of nitriles is 1. The van der Waals surface area contributed by atoms with Crippen LogP contribution in [-0.4, -0.2) is 64.9 Å². The van der Waals surface area contributed by atoms with Gasteiger partial charge in [0.25, 0.3) is 11.8 Å². The van der Waals surface area contributed by atoms with Gasteiger partial charge in [0.1, 0.15) is 17.3 Å². The lowest BCUT2D eigenvalue weighted by molar-refractivity contribution is 0.0627. The number of nitrogens with zero attached hydrogens (tertiary/aromatic N) is 4. The second-order valence-corrected chi connectivity index (χ2v) is 10.3. The van der Waals surface area contributed by atoms with Crippen molar-refractivity contribution in [1.82, 2.24) is 20.1 Å². The summed E-state index contributed by atoms with van der Waals surface area (Å²) < 4.78 is 19.2. The van der Waals surface area contributed by atoms with Crippen molar-refractivity contribution in [2.45, 2.75) is 44.4 Å². The molecule has 1 saturated heterocycles. The highest BCUT2D eigenvalue weighted by Crippen LogP contribution is 2.24. The van der Waals surface area contributed by atoms with Crippen molar-refractivity contribution >= 4 is 11.8 Å². The molecule has 2 fully saturated rings. The van der Waals surface area contributed by atoms with Crippen LogP contribution in [0.5, 0.6) is 5.75 Å². The molecule has 0 bridgehead atoms. The zero-order chi connectivity index (χ0) is 27.9. The number of nitrogens with one attached hydrogen (secondary N) is 1. The van der Waals surface area contributed by atoms with Gasteiger partial charge in [0.2, 0.25) is 0 Å². The number of benzene rings is 2. The average molecular weight is 542 g/mol. The minimum atomic E-state index is -0.245. The van der Waals surface area contributed by atoms with Crippen molar-refractivity contribution in [3.63, 3.8) is 0 Å². The molecule has 40 heavy (non-hydrogen) atoms. The van der Waals surface area contributed by atoms with Crippen LogP contribution >= 0.6 is 0 Å². The molecule has 5 rings (SSSR count). The normalized spacial score (nSPS) is 19.4. The second kappa shape index (κ2) is 12.7. The van der Waals surface area contributed by atoms with E-state index in [1.807, 2.05) is 12.1 Å². The number of hydrogen-bond acceptors (Lipinski definition) is 6. The van der Waals surface area contributed by atoms with Crippen LogP contribution in [0.4, 0.5) is 4.39 Å². The van der Waals surface area contributed by atoms with Gasteiger partial charge in [-0.15, -0.1) is 0 Å². The quantitative estimate of drug-likeness (QED) is 0.482. The summed E-state index contributed by atoms with van der Waals surface area (Å²) in [5.74, 6) is 0.161. The molecule has 2 heterocycles. The summed E-state index contributed by atoms with van der Waals surface area (Å²) in [5.41, 5.74) is 2.40. The number of rotatable bonds is 7. The Bertz CT molecular complexity index is 1340. The highest BCUT2D eigenvalue weighted by atomic mass is 19.1. The van der Waals surface area contributed by atoms with Gasteiger partial charge in [0.15, 0.2) is 0 Å². The standard InChI is InChI=1S/C31H32FN5O3/c32-25-6-1-23(2-7-25)21-36-15-17-37(18-16-36)31(39)24-5-14-29(34-20-24)30(38)35-26-8-12-28(13-9-26)40-27-10-3-22(19-33)4-11-27/h1-7,10-11,14,20,26,28H,8-9,12-13,15-18,21H2,(H,35,38). The van der Waals surface area contributed by atoms with E-state index in [0.717, 1.165) is 56.6 Å². The minimum absolute atomic E-state index is 0.0441. The van der Waals surface area contributed by atoms with Crippen molar-refractivity contribution in [3.8, 4) is 11.8 Å². The molecule has 2 amide bonds. The third-order valence-corrected chi connectivity index (χ3v) is 7.52. The lowest BCUT2D eigenvalue weighted by atomic mass is 9.92. The molecular formula is C31H32FN5O3. The Kier molecular flexibility index (Phi) is 8.67. The molecular weight excluding hydrogens is 509 g/mol. The molecule has 0 unspecified atom stereocenters. The number of aromatic nitrogens is 1. The molecule has 0 spiro atoms. The van der Waals surface area contributed by atoms with Crippen LogP contribution in [-0.2, 0) is 6.54 Å². The first kappa shape index (κ1) is 27.3. The Morgan fingerprint density at radius 2 is 1.65 bits per heavy atom. The maximum absolute atomic E-state index is 13.1. The fourth-order valence-electron chi connectivity index (χ4n) is 5.18. The molecule has 1 aliphatic carbocycles. The molecule has 206 valence electrons. The van der Waals surface area contributed by atoms with Crippen LogP contribution in [0, 0.1) is 17.1 Å². The molecule has 2 aromatic carbocycles. The zero-order valence-corrected chi connectivity index (χ0v) is 22.3. The van der Waals surface area contributed by atoms with Crippen LogP contribution < -0.4 is 10.1 Å². The fourth-order valence-corrected chi connectivity index (χ4v) is 5.18. The van der Waals surface area contributed by atoms with E-state index in [1.54, 1.807) is 41.3 Å². The zero-order valence-electron chi connectivity index (χ0n) is 22.3. The Hall–Kier alpha value is -4.29. The molecule has 8 nitrogen and oxygen atoms in total. The first-order valence-electron chi connectivity index (χ1n) is 13.7. The van der Waals surface area contributed by atoms with Gasteiger partial charge in [-0.1, -0.05) is 12.1 Å². The first-order valence-corrected chi connectivity index (χ1v) is 13.7. The van der Waals surface area contributed by atoms with E-state index >= 15 is 0 Å². The van der Waals surface area contributed by atoms with Crippen molar-refractivity contribution in [1.29, 1.82) is 5.26 Å². The smallest absolute Gasteiger partial charge is 0.270 e. The summed E-state index contributed by atoms with van der Waals surface area (Å²) in [6.07, 6.45) is 4.80. The number of hydrogen-bond donors (Lipinski definition) is 1. The lowest BCUT2D eigenvalue weighted by Gasteiger charge is -2.34. The molecule has 9 heteroatoms. The van der Waals surface area contributed by atoms with Gasteiger partial charge in [-0.2, -0.15) is 5.26 Å². The first-order chi connectivity index (χ1) is 19.5. The second-order valence-electron chi connectivity index (χ2n) is 10.3. The number of carbonyl (C=O) groups excluding carboxylic acids is 2. The number of carbonyl (C=O) groups is 2. The maximum atomic E-state index is 13.1. The average Bonchev–Trinajstić information content (AvgIpc) is 3.00. The molecule has 3 aromatic rings. The Morgan fingerprint density at radius 1 is 0.950 bits per heavy atom. The fraction of sp³-hybridized carbons (Fsp3) is 0.355. The molecule has 1 saturated carbocycles. The molecule has 1 aliphatic heterocycles. The van der Waals surface area contributed by atoms with Gasteiger partial charge in [-0.05, 0) is 79.8 Å². The predicted octanol–water partition coefficient (Wildman–Crippen LogP) is 4.17. The van der Waals surface area contributed by atoms with E-state index in [2.05, 4.69) is 21.3 Å². The van der Waals surface area contributed by atoms with Gasteiger partial charge >= 0.3 is 0 Å². The van der Waals surface area contributed by atoms with Crippen LogP contribution in [0.15, 0.2) is 66.9 Å². The van der Waals surface area contributed by atoms with E-state index in [4.69, 9.17) is 10.00 Å². The van der Waals surface area contributed by atoms with Crippen molar-refractivity contribution in [2.75, 3.05) is 26.2 Å². The van der Waals surface area contributed by atoms with E-state index in [1.165, 1.54) is 18.3 Å². The van der Waals surface area contributed by atoms with Crippen molar-refractivity contribution in [3.05, 3.63) is 95.1 Å². The Labute approximate surface area is 233 Å². The van der Waals surface area contributed by atoms with Crippen molar-refractivity contribution < 1.29 is 18.7 Å². The van der Waals surface area contributed by atoms with Crippen LogP contribution in [0.1, 0.15) is 57.7 Å². The highest BCUT2D eigenvalue weighted by molar-refractivity contribution is 5.96. The van der Waals surface area contributed by atoms with E-state index in [0.29, 0.717) is 24.2 Å². The molecule has 0 atom stereocenters. The van der Waals surface area contributed by atoms with Gasteiger partial charge in [0, 0.05) is 45.0 Å². The van der Waals surface area contributed by atoms with Crippen molar-refractivity contribution in [2.24, 2.45) is 0 Å². The minimum Gasteiger partial charge on any atom is -0.490 e. The highest BCUT2D eigenvalue weighted by Gasteiger charge is 2.25. The Morgan fingerprint density at radius 3 is 2.27 bits per heavy atom. The molecule has 1 aromatic heterocycles. The number of halogens is 1. The summed E-state index contributed by atoms with van der Waals surface area (Å²) in [6.45, 7) is 3.38. The maximum Gasteiger partial charge on any atom is 0.270 e. The summed E-state index contributed by atoms with van der Waals surface area (Å²) in [5, 5.41) is 12.0. The van der Waals surface area contributed by atoms with Gasteiger partial charge in [-0.25, -0.2) is 4.39 Å².